The van der Waals surface area contributed by atoms with Crippen molar-refractivity contribution in [3.63, 3.8) is 0 Å². The molecule has 0 aliphatic carbocycles. The van der Waals surface area contributed by atoms with Crippen molar-refractivity contribution in [2.24, 2.45) is 0 Å². The van der Waals surface area contributed by atoms with Crippen LogP contribution in [-0.2, 0) is 28.5 Å². The first kappa shape index (κ1) is 11.1. The van der Waals surface area contributed by atoms with E-state index >= 15 is 0 Å². The Labute approximate surface area is 120 Å². The molecule has 0 rings (SSSR count). The predicted octanol–water partition coefficient (Wildman–Crippen LogP) is -0.747. The fourth-order valence-corrected chi connectivity index (χ4v) is 1.55. The molecular weight excluding hydrogens is 256 g/mol. The standard InChI is InChI=1S/C12H24O7/c1-15-7-9(17-3)10(14)12(19-5)11(18-4)8(6-13)16-2/h6,8-12,14H,7H2,1-5H3/t8-,9-,10-,11-,12-/m1/s1/i1D,2D,3D,4D,5D. The number of hydrogen-bond acceptors (Lipinski definition) is 7. The van der Waals surface area contributed by atoms with Crippen LogP contribution in [0.25, 0.3) is 0 Å². The second-order valence-electron chi connectivity index (χ2n) is 3.60. The first-order valence-corrected chi connectivity index (χ1v) is 5.24. The Balaban J connectivity index is 5.34. The number of ether oxygens (including phenoxy) is 5. The fourth-order valence-electron chi connectivity index (χ4n) is 1.55. The second-order valence-corrected chi connectivity index (χ2v) is 3.60. The Morgan fingerprint density at radius 3 is 2.32 bits per heavy atom. The molecule has 0 aromatic rings. The van der Waals surface area contributed by atoms with Crippen molar-refractivity contribution in [1.82, 2.24) is 0 Å². The van der Waals surface area contributed by atoms with E-state index in [9.17, 15) is 9.90 Å². The zero-order chi connectivity index (χ0) is 18.4. The number of hydrogen-bond donors (Lipinski definition) is 1. The van der Waals surface area contributed by atoms with E-state index in [2.05, 4.69) is 0 Å². The molecule has 7 heteroatoms. The van der Waals surface area contributed by atoms with E-state index in [-0.39, 0.29) is 13.7 Å². The zero-order valence-electron chi connectivity index (χ0n) is 15.6. The molecule has 114 valence electrons. The van der Waals surface area contributed by atoms with Crippen molar-refractivity contribution < 1.29 is 40.4 Å². The van der Waals surface area contributed by atoms with Gasteiger partial charge in [-0.3, -0.25) is 0 Å². The molecule has 5 atom stereocenters. The second kappa shape index (κ2) is 10.2. The predicted molar refractivity (Wildman–Crippen MR) is 67.1 cm³/mol. The number of carbonyl (C=O) groups is 1. The van der Waals surface area contributed by atoms with E-state index in [0.717, 1.165) is 0 Å². The summed E-state index contributed by atoms with van der Waals surface area (Å²) in [5.41, 5.74) is 0. The van der Waals surface area contributed by atoms with E-state index < -0.39 is 58.9 Å². The summed E-state index contributed by atoms with van der Waals surface area (Å²) >= 11 is 0. The average molecular weight is 285 g/mol. The summed E-state index contributed by atoms with van der Waals surface area (Å²) in [6.45, 7) is -0.222. The Morgan fingerprint density at radius 1 is 1.05 bits per heavy atom. The van der Waals surface area contributed by atoms with Crippen molar-refractivity contribution >= 4 is 6.29 Å². The average Bonchev–Trinajstić information content (AvgIpc) is 2.59. The van der Waals surface area contributed by atoms with Crippen molar-refractivity contribution in [2.75, 3.05) is 42.0 Å². The minimum absolute atomic E-state index is 0.222. The third-order valence-corrected chi connectivity index (χ3v) is 2.57. The maximum Gasteiger partial charge on any atom is 0.151 e. The number of rotatable bonds is 11. The maximum atomic E-state index is 11.2. The molecule has 0 aromatic carbocycles. The van der Waals surface area contributed by atoms with Crippen LogP contribution in [0.2, 0.25) is 0 Å². The molecule has 0 radical (unpaired) electrons. The summed E-state index contributed by atoms with van der Waals surface area (Å²) in [7, 11) is -2.60. The van der Waals surface area contributed by atoms with Crippen LogP contribution in [0.3, 0.4) is 0 Å². The van der Waals surface area contributed by atoms with Crippen molar-refractivity contribution in [1.29, 1.82) is 0 Å². The molecule has 0 saturated heterocycles. The normalized spacial score (nSPS) is 22.9. The van der Waals surface area contributed by atoms with Crippen LogP contribution in [0.5, 0.6) is 0 Å². The van der Waals surface area contributed by atoms with Gasteiger partial charge in [-0.1, -0.05) is 0 Å². The lowest BCUT2D eigenvalue weighted by Crippen LogP contribution is -2.53. The summed E-state index contributed by atoms with van der Waals surface area (Å²) in [5.74, 6) is 0. The van der Waals surface area contributed by atoms with E-state index in [1.807, 2.05) is 0 Å². The maximum absolute atomic E-state index is 11.2. The van der Waals surface area contributed by atoms with Crippen LogP contribution < -0.4 is 0 Å². The minimum Gasteiger partial charge on any atom is -0.387 e. The van der Waals surface area contributed by atoms with Crippen molar-refractivity contribution in [2.45, 2.75) is 30.5 Å². The number of aliphatic hydroxyl groups excluding tert-OH is 1. The largest absolute Gasteiger partial charge is 0.387 e. The quantitative estimate of drug-likeness (QED) is 0.500. The van der Waals surface area contributed by atoms with Gasteiger partial charge >= 0.3 is 0 Å². The SMILES string of the molecule is [2H]COC[C@@H](OC[2H])[C@@H](O)[C@@H](OC[2H])[C@H](OC[2H])[C@@H](C=O)OC[2H]. The van der Waals surface area contributed by atoms with E-state index in [0.29, 0.717) is 6.29 Å². The van der Waals surface area contributed by atoms with Gasteiger partial charge in [0.05, 0.1) is 13.5 Å². The highest BCUT2D eigenvalue weighted by molar-refractivity contribution is 5.57. The van der Waals surface area contributed by atoms with Gasteiger partial charge in [0.25, 0.3) is 0 Å². The number of aldehydes is 1. The molecule has 0 aromatic heterocycles. The van der Waals surface area contributed by atoms with Gasteiger partial charge in [-0.15, -0.1) is 0 Å². The van der Waals surface area contributed by atoms with Gasteiger partial charge in [0.2, 0.25) is 0 Å². The van der Waals surface area contributed by atoms with Gasteiger partial charge in [0.1, 0.15) is 30.5 Å². The van der Waals surface area contributed by atoms with Crippen LogP contribution in [0.15, 0.2) is 0 Å². The molecular formula is C12H24O7. The first-order valence-electron chi connectivity index (χ1n) is 8.78. The van der Waals surface area contributed by atoms with E-state index in [1.165, 1.54) is 0 Å². The monoisotopic (exact) mass is 285 g/mol. The number of methoxy groups -OCH3 is 5. The van der Waals surface area contributed by atoms with Crippen molar-refractivity contribution in [3.05, 3.63) is 0 Å². The minimum atomic E-state index is -1.49. The third-order valence-electron chi connectivity index (χ3n) is 2.57. The molecule has 0 saturated carbocycles. The van der Waals surface area contributed by atoms with Crippen LogP contribution >= 0.6 is 0 Å². The van der Waals surface area contributed by atoms with Gasteiger partial charge in [0.15, 0.2) is 6.29 Å². The lowest BCUT2D eigenvalue weighted by molar-refractivity contribution is -0.173. The molecule has 0 spiro atoms. The Hall–Kier alpha value is -0.570. The molecule has 0 unspecified atom stereocenters. The fraction of sp³-hybridized carbons (Fsp3) is 0.917. The highest BCUT2D eigenvalue weighted by Crippen LogP contribution is 2.17. The summed E-state index contributed by atoms with van der Waals surface area (Å²) < 4.78 is 60.5. The molecule has 0 bridgehead atoms. The lowest BCUT2D eigenvalue weighted by atomic mass is 9.99. The van der Waals surface area contributed by atoms with Crippen LogP contribution in [-0.4, -0.2) is 83.9 Å². The molecule has 1 N–H and O–H groups in total. The highest BCUT2D eigenvalue weighted by Gasteiger charge is 2.38. The summed E-state index contributed by atoms with van der Waals surface area (Å²) in [4.78, 5) is 11.2. The Morgan fingerprint density at radius 2 is 1.74 bits per heavy atom. The summed E-state index contributed by atoms with van der Waals surface area (Å²) in [5, 5.41) is 10.4. The molecule has 7 nitrogen and oxygen atoms in total. The van der Waals surface area contributed by atoms with Crippen molar-refractivity contribution in [3.8, 4) is 0 Å². The summed E-state index contributed by atoms with van der Waals surface area (Å²) in [6.07, 6.45) is -6.08. The molecule has 19 heavy (non-hydrogen) atoms. The number of aliphatic hydroxyl groups is 1. The smallest absolute Gasteiger partial charge is 0.151 e. The van der Waals surface area contributed by atoms with Crippen LogP contribution in [0.1, 0.15) is 6.85 Å². The van der Waals surface area contributed by atoms with Gasteiger partial charge in [-0.05, 0) is 0 Å². The van der Waals surface area contributed by atoms with Crippen LogP contribution in [0, 0.1) is 0 Å². The molecule has 0 heterocycles. The Bertz CT molecular complexity index is 316. The zero-order valence-corrected chi connectivity index (χ0v) is 10.6. The van der Waals surface area contributed by atoms with Gasteiger partial charge in [-0.2, -0.15) is 0 Å². The summed E-state index contributed by atoms with van der Waals surface area (Å²) in [6, 6.07) is 0. The van der Waals surface area contributed by atoms with Gasteiger partial charge < -0.3 is 33.6 Å². The first-order chi connectivity index (χ1) is 11.6. The topological polar surface area (TPSA) is 83.5 Å². The third kappa shape index (κ3) is 5.13. The molecule has 0 aliphatic rings. The van der Waals surface area contributed by atoms with Gasteiger partial charge in [0, 0.05) is 35.4 Å². The molecule has 0 aliphatic heterocycles. The lowest BCUT2D eigenvalue weighted by Gasteiger charge is -2.34. The molecule has 0 amide bonds. The Kier molecular flexibility index (Phi) is 6.00. The van der Waals surface area contributed by atoms with E-state index in [1.54, 1.807) is 0 Å². The van der Waals surface area contributed by atoms with Gasteiger partial charge in [-0.25, -0.2) is 0 Å². The van der Waals surface area contributed by atoms with E-state index in [4.69, 9.17) is 30.5 Å². The molecule has 0 fully saturated rings. The van der Waals surface area contributed by atoms with Crippen LogP contribution in [0.4, 0.5) is 0 Å². The highest BCUT2D eigenvalue weighted by atomic mass is 16.6. The number of carbonyl (C=O) groups excluding carboxylic acids is 1.